The molecule has 2 aromatic carbocycles. The van der Waals surface area contributed by atoms with Gasteiger partial charge in [-0.1, -0.05) is 12.1 Å². The number of aromatic amines is 1. The summed E-state index contributed by atoms with van der Waals surface area (Å²) in [4.78, 5) is 27.3. The van der Waals surface area contributed by atoms with Crippen LogP contribution in [0.3, 0.4) is 0 Å². The predicted octanol–water partition coefficient (Wildman–Crippen LogP) is 4.89. The fourth-order valence-corrected chi connectivity index (χ4v) is 4.31. The first-order valence-corrected chi connectivity index (χ1v) is 9.26. The highest BCUT2D eigenvalue weighted by Gasteiger charge is 2.15. The standard InChI is InChI=1S/C20H17NO4S/c1-3-24-19(22)11-5-7-13-15(9-11)21-17-14-8-6-12(20(23)25-4-2)10-16(14)26-18(13)17/h5-10,21H,3-4H2,1-2H3. The minimum Gasteiger partial charge on any atom is -0.462 e. The van der Waals surface area contributed by atoms with Crippen molar-refractivity contribution in [2.45, 2.75) is 13.8 Å². The number of fused-ring (bicyclic) bond motifs is 5. The molecule has 0 radical (unpaired) electrons. The predicted molar refractivity (Wildman–Crippen MR) is 103 cm³/mol. The Kier molecular flexibility index (Phi) is 4.12. The minimum atomic E-state index is -0.323. The van der Waals surface area contributed by atoms with Crippen molar-refractivity contribution in [1.82, 2.24) is 4.98 Å². The van der Waals surface area contributed by atoms with Crippen LogP contribution in [0.15, 0.2) is 36.4 Å². The van der Waals surface area contributed by atoms with Gasteiger partial charge >= 0.3 is 11.9 Å². The number of hydrogen-bond donors (Lipinski definition) is 1. The maximum atomic E-state index is 11.9. The molecule has 0 aliphatic carbocycles. The highest BCUT2D eigenvalue weighted by Crippen LogP contribution is 2.39. The molecule has 0 bridgehead atoms. The monoisotopic (exact) mass is 367 g/mol. The van der Waals surface area contributed by atoms with E-state index in [2.05, 4.69) is 4.98 Å². The first-order valence-electron chi connectivity index (χ1n) is 8.44. The van der Waals surface area contributed by atoms with E-state index in [-0.39, 0.29) is 11.9 Å². The van der Waals surface area contributed by atoms with Crippen molar-refractivity contribution >= 4 is 54.5 Å². The quantitative estimate of drug-likeness (QED) is 0.522. The lowest BCUT2D eigenvalue weighted by atomic mass is 10.1. The molecule has 26 heavy (non-hydrogen) atoms. The highest BCUT2D eigenvalue weighted by atomic mass is 32.1. The molecule has 0 fully saturated rings. The third kappa shape index (κ3) is 2.63. The van der Waals surface area contributed by atoms with Gasteiger partial charge in [-0.15, -0.1) is 11.3 Å². The Morgan fingerprint density at radius 3 is 2.19 bits per heavy atom. The fourth-order valence-electron chi connectivity index (χ4n) is 3.07. The van der Waals surface area contributed by atoms with E-state index in [9.17, 15) is 9.59 Å². The van der Waals surface area contributed by atoms with E-state index in [1.807, 2.05) is 24.3 Å². The molecule has 4 rings (SSSR count). The van der Waals surface area contributed by atoms with Crippen LogP contribution in [0.4, 0.5) is 0 Å². The Hall–Kier alpha value is -2.86. The number of esters is 2. The summed E-state index contributed by atoms with van der Waals surface area (Å²) in [6.07, 6.45) is 0. The van der Waals surface area contributed by atoms with Crippen molar-refractivity contribution in [2.75, 3.05) is 13.2 Å². The summed E-state index contributed by atoms with van der Waals surface area (Å²) < 4.78 is 12.3. The second kappa shape index (κ2) is 6.46. The number of thiophene rings is 1. The molecule has 0 saturated heterocycles. The fraction of sp³-hybridized carbons (Fsp3) is 0.200. The van der Waals surface area contributed by atoms with E-state index in [0.717, 1.165) is 31.2 Å². The summed E-state index contributed by atoms with van der Waals surface area (Å²) in [5.41, 5.74) is 2.99. The average molecular weight is 367 g/mol. The normalized spacial score (nSPS) is 11.3. The van der Waals surface area contributed by atoms with Gasteiger partial charge in [0.25, 0.3) is 0 Å². The van der Waals surface area contributed by atoms with Gasteiger partial charge < -0.3 is 14.5 Å². The van der Waals surface area contributed by atoms with Gasteiger partial charge in [0, 0.05) is 21.0 Å². The Labute approximate surface area is 153 Å². The average Bonchev–Trinajstić information content (AvgIpc) is 3.16. The smallest absolute Gasteiger partial charge is 0.338 e. The number of aromatic nitrogens is 1. The Bertz CT molecular complexity index is 1060. The van der Waals surface area contributed by atoms with E-state index in [1.165, 1.54) is 0 Å². The largest absolute Gasteiger partial charge is 0.462 e. The second-order valence-corrected chi connectivity index (χ2v) is 6.90. The number of rotatable bonds is 4. The topological polar surface area (TPSA) is 68.4 Å². The van der Waals surface area contributed by atoms with Crippen LogP contribution in [0.1, 0.15) is 34.6 Å². The molecule has 132 valence electrons. The highest BCUT2D eigenvalue weighted by molar-refractivity contribution is 7.26. The Morgan fingerprint density at radius 2 is 1.54 bits per heavy atom. The molecule has 6 heteroatoms. The maximum Gasteiger partial charge on any atom is 0.338 e. The molecule has 5 nitrogen and oxygen atoms in total. The summed E-state index contributed by atoms with van der Waals surface area (Å²) in [6, 6.07) is 11.1. The SMILES string of the molecule is CCOC(=O)c1ccc2c(c1)[nH]c1c3ccc(C(=O)OCC)cc3sc21. The van der Waals surface area contributed by atoms with Gasteiger partial charge in [-0.3, -0.25) is 0 Å². The third-order valence-corrected chi connectivity index (χ3v) is 5.42. The zero-order chi connectivity index (χ0) is 18.3. The Morgan fingerprint density at radius 1 is 0.923 bits per heavy atom. The number of H-pyrrole nitrogens is 1. The van der Waals surface area contributed by atoms with E-state index >= 15 is 0 Å². The first kappa shape index (κ1) is 16.6. The van der Waals surface area contributed by atoms with Crippen molar-refractivity contribution < 1.29 is 19.1 Å². The van der Waals surface area contributed by atoms with Crippen LogP contribution in [0, 0.1) is 0 Å². The number of carbonyl (C=O) groups excluding carboxylic acids is 2. The van der Waals surface area contributed by atoms with Gasteiger partial charge in [0.15, 0.2) is 0 Å². The molecule has 1 N–H and O–H groups in total. The number of nitrogens with one attached hydrogen (secondary N) is 1. The Balaban J connectivity index is 1.83. The summed E-state index contributed by atoms with van der Waals surface area (Å²) in [5.74, 6) is -0.633. The van der Waals surface area contributed by atoms with E-state index in [1.54, 1.807) is 37.3 Å². The van der Waals surface area contributed by atoms with Crippen molar-refractivity contribution in [2.24, 2.45) is 0 Å². The van der Waals surface area contributed by atoms with Crippen LogP contribution in [0.5, 0.6) is 0 Å². The van der Waals surface area contributed by atoms with Crippen LogP contribution in [-0.2, 0) is 9.47 Å². The van der Waals surface area contributed by atoms with E-state index in [0.29, 0.717) is 24.3 Å². The van der Waals surface area contributed by atoms with Crippen molar-refractivity contribution in [3.63, 3.8) is 0 Å². The maximum absolute atomic E-state index is 11.9. The third-order valence-electron chi connectivity index (χ3n) is 4.24. The molecular weight excluding hydrogens is 350 g/mol. The zero-order valence-electron chi connectivity index (χ0n) is 14.4. The van der Waals surface area contributed by atoms with Crippen LogP contribution in [-0.4, -0.2) is 30.1 Å². The minimum absolute atomic E-state index is 0.310. The van der Waals surface area contributed by atoms with Gasteiger partial charge in [-0.25, -0.2) is 9.59 Å². The molecule has 2 aromatic heterocycles. The lowest BCUT2D eigenvalue weighted by Gasteiger charge is -2.02. The second-order valence-electron chi connectivity index (χ2n) is 5.84. The van der Waals surface area contributed by atoms with Gasteiger partial charge in [0.05, 0.1) is 34.6 Å². The van der Waals surface area contributed by atoms with Crippen LogP contribution >= 0.6 is 11.3 Å². The lowest BCUT2D eigenvalue weighted by Crippen LogP contribution is -2.04. The molecule has 0 amide bonds. The number of hydrogen-bond acceptors (Lipinski definition) is 5. The molecule has 4 aromatic rings. The molecular formula is C20H17NO4S. The van der Waals surface area contributed by atoms with Crippen LogP contribution in [0.2, 0.25) is 0 Å². The molecule has 0 aliphatic heterocycles. The molecule has 0 aliphatic rings. The van der Waals surface area contributed by atoms with E-state index in [4.69, 9.17) is 9.47 Å². The molecule has 0 atom stereocenters. The molecule has 0 spiro atoms. The van der Waals surface area contributed by atoms with Crippen molar-refractivity contribution in [3.8, 4) is 0 Å². The zero-order valence-corrected chi connectivity index (χ0v) is 15.2. The van der Waals surface area contributed by atoms with Crippen LogP contribution in [0.25, 0.3) is 31.2 Å². The first-order chi connectivity index (χ1) is 12.6. The van der Waals surface area contributed by atoms with Crippen LogP contribution < -0.4 is 0 Å². The van der Waals surface area contributed by atoms with E-state index < -0.39 is 0 Å². The molecule has 2 heterocycles. The number of ether oxygens (including phenoxy) is 2. The number of carbonyl (C=O) groups is 2. The summed E-state index contributed by atoms with van der Waals surface area (Å²) in [5, 5.41) is 2.10. The van der Waals surface area contributed by atoms with Gasteiger partial charge in [-0.05, 0) is 38.1 Å². The molecule has 0 unspecified atom stereocenters. The van der Waals surface area contributed by atoms with Gasteiger partial charge in [0.2, 0.25) is 0 Å². The van der Waals surface area contributed by atoms with Crippen molar-refractivity contribution in [3.05, 3.63) is 47.5 Å². The summed E-state index contributed by atoms with van der Waals surface area (Å²) >= 11 is 1.62. The van der Waals surface area contributed by atoms with Gasteiger partial charge in [0.1, 0.15) is 0 Å². The summed E-state index contributed by atoms with van der Waals surface area (Å²) in [6.45, 7) is 4.29. The van der Waals surface area contributed by atoms with Crippen molar-refractivity contribution in [1.29, 1.82) is 0 Å². The number of benzene rings is 2. The molecule has 0 saturated carbocycles. The lowest BCUT2D eigenvalue weighted by molar-refractivity contribution is 0.0517. The summed E-state index contributed by atoms with van der Waals surface area (Å²) in [7, 11) is 0. The van der Waals surface area contributed by atoms with Gasteiger partial charge in [-0.2, -0.15) is 0 Å².